The molecule has 1 aromatic rings. The zero-order valence-electron chi connectivity index (χ0n) is 6.62. The van der Waals surface area contributed by atoms with Gasteiger partial charge in [0.15, 0.2) is 5.69 Å². The summed E-state index contributed by atoms with van der Waals surface area (Å²) in [4.78, 5) is 21.4. The smallest absolute Gasteiger partial charge is 0.358 e. The molecule has 0 amide bonds. The number of ether oxygens (including phenoxy) is 1. The van der Waals surface area contributed by atoms with Crippen LogP contribution in [-0.4, -0.2) is 17.7 Å². The molecule has 0 aliphatic rings. The molecule has 0 spiro atoms. The third-order valence-electron chi connectivity index (χ3n) is 1.18. The van der Waals surface area contributed by atoms with Crippen LogP contribution in [0.25, 0.3) is 0 Å². The van der Waals surface area contributed by atoms with E-state index in [2.05, 4.69) is 9.68 Å². The summed E-state index contributed by atoms with van der Waals surface area (Å²) in [5, 5.41) is 2.15. The van der Waals surface area contributed by atoms with Gasteiger partial charge in [-0.2, -0.15) is 0 Å². The summed E-state index contributed by atoms with van der Waals surface area (Å²) in [6.45, 7) is 2.22. The van der Waals surface area contributed by atoms with Gasteiger partial charge >= 0.3 is 11.6 Å². The second-order valence-corrected chi connectivity index (χ2v) is 2.22. The second kappa shape index (κ2) is 3.75. The van der Waals surface area contributed by atoms with Crippen molar-refractivity contribution in [3.63, 3.8) is 0 Å². The van der Waals surface area contributed by atoms with Crippen molar-refractivity contribution in [2.45, 2.75) is 13.3 Å². The molecule has 1 aromatic heterocycles. The molecule has 5 nitrogen and oxygen atoms in total. The molecule has 0 fully saturated rings. The van der Waals surface area contributed by atoms with E-state index in [1.165, 1.54) is 0 Å². The van der Waals surface area contributed by atoms with Gasteiger partial charge in [-0.3, -0.25) is 0 Å². The maximum absolute atomic E-state index is 11.0. The summed E-state index contributed by atoms with van der Waals surface area (Å²) in [5.41, 5.74) is -0.535. The number of carbonyl (C=O) groups is 1. The Morgan fingerprint density at radius 3 is 3.00 bits per heavy atom. The highest BCUT2D eigenvalue weighted by atomic mass is 16.5. The standard InChI is InChI=1S/C7H9NO4/c1-2-3-11-7(10)5-4-6(9)12-8-5/h4,8H,2-3H2,1H3. The van der Waals surface area contributed by atoms with Gasteiger partial charge in [-0.1, -0.05) is 6.92 Å². The lowest BCUT2D eigenvalue weighted by atomic mass is 10.4. The van der Waals surface area contributed by atoms with Crippen LogP contribution in [0.5, 0.6) is 0 Å². The Labute approximate surface area is 68.3 Å². The summed E-state index contributed by atoms with van der Waals surface area (Å²) in [6.07, 6.45) is 0.744. The molecule has 0 radical (unpaired) electrons. The van der Waals surface area contributed by atoms with Gasteiger partial charge in [0.1, 0.15) is 0 Å². The highest BCUT2D eigenvalue weighted by molar-refractivity contribution is 5.86. The number of esters is 1. The Hall–Kier alpha value is -1.52. The lowest BCUT2D eigenvalue weighted by Gasteiger charge is -1.97. The Morgan fingerprint density at radius 2 is 2.50 bits per heavy atom. The number of aromatic nitrogens is 1. The third-order valence-corrected chi connectivity index (χ3v) is 1.18. The average Bonchev–Trinajstić information content (AvgIpc) is 2.47. The first-order valence-corrected chi connectivity index (χ1v) is 3.59. The molecule has 5 heteroatoms. The van der Waals surface area contributed by atoms with Crippen molar-refractivity contribution in [1.82, 2.24) is 5.16 Å². The molecule has 1 rings (SSSR count). The van der Waals surface area contributed by atoms with E-state index in [1.54, 1.807) is 0 Å². The minimum atomic E-state index is -0.585. The first kappa shape index (κ1) is 8.58. The number of H-pyrrole nitrogens is 1. The van der Waals surface area contributed by atoms with Gasteiger partial charge in [-0.25, -0.2) is 14.7 Å². The molecule has 0 unspecified atom stereocenters. The largest absolute Gasteiger partial charge is 0.461 e. The highest BCUT2D eigenvalue weighted by Gasteiger charge is 2.09. The van der Waals surface area contributed by atoms with Gasteiger partial charge in [-0.15, -0.1) is 0 Å². The predicted molar refractivity (Wildman–Crippen MR) is 39.9 cm³/mol. The van der Waals surface area contributed by atoms with Crippen LogP contribution in [0, 0.1) is 0 Å². The topological polar surface area (TPSA) is 72.3 Å². The van der Waals surface area contributed by atoms with E-state index < -0.39 is 11.6 Å². The molecule has 0 aliphatic heterocycles. The lowest BCUT2D eigenvalue weighted by molar-refractivity contribution is 0.0493. The molecule has 0 atom stereocenters. The number of rotatable bonds is 3. The first-order chi connectivity index (χ1) is 5.74. The minimum Gasteiger partial charge on any atom is -0.461 e. The molecule has 12 heavy (non-hydrogen) atoms. The second-order valence-electron chi connectivity index (χ2n) is 2.22. The van der Waals surface area contributed by atoms with E-state index in [0.29, 0.717) is 6.61 Å². The van der Waals surface area contributed by atoms with Gasteiger partial charge in [0.25, 0.3) is 0 Å². The van der Waals surface area contributed by atoms with Crippen LogP contribution in [0.15, 0.2) is 15.4 Å². The monoisotopic (exact) mass is 171 g/mol. The van der Waals surface area contributed by atoms with Crippen LogP contribution in [0.3, 0.4) is 0 Å². The fourth-order valence-corrected chi connectivity index (χ4v) is 0.655. The van der Waals surface area contributed by atoms with Crippen LogP contribution in [-0.2, 0) is 4.74 Å². The van der Waals surface area contributed by atoms with Gasteiger partial charge in [0.05, 0.1) is 12.7 Å². The van der Waals surface area contributed by atoms with Crippen molar-refractivity contribution >= 4 is 5.97 Å². The van der Waals surface area contributed by atoms with Crippen LogP contribution in [0.2, 0.25) is 0 Å². The summed E-state index contributed by atoms with van der Waals surface area (Å²) in [6, 6.07) is 1.05. The molecular weight excluding hydrogens is 162 g/mol. The molecule has 0 aliphatic carbocycles. The molecule has 0 saturated carbocycles. The van der Waals surface area contributed by atoms with Crippen molar-refractivity contribution in [2.75, 3.05) is 6.61 Å². The van der Waals surface area contributed by atoms with E-state index in [1.807, 2.05) is 6.92 Å². The maximum atomic E-state index is 11.0. The Bertz CT molecular complexity index is 311. The van der Waals surface area contributed by atoms with Gasteiger partial charge in [-0.05, 0) is 6.42 Å². The van der Waals surface area contributed by atoms with Crippen molar-refractivity contribution in [3.8, 4) is 0 Å². The SMILES string of the molecule is CCCOC(=O)c1cc(=O)o[nH]1. The molecular formula is C7H9NO4. The summed E-state index contributed by atoms with van der Waals surface area (Å²) in [5.74, 6) is -0.567. The molecule has 0 aromatic carbocycles. The number of aromatic amines is 1. The van der Waals surface area contributed by atoms with E-state index in [4.69, 9.17) is 4.74 Å². The average molecular weight is 171 g/mol. The minimum absolute atomic E-state index is 0.0495. The summed E-state index contributed by atoms with van der Waals surface area (Å²) >= 11 is 0. The predicted octanol–water partition coefficient (Wildman–Crippen LogP) is 0.535. The highest BCUT2D eigenvalue weighted by Crippen LogP contribution is 1.94. The number of nitrogens with one attached hydrogen (secondary N) is 1. The van der Waals surface area contributed by atoms with Crippen molar-refractivity contribution < 1.29 is 14.1 Å². The number of hydrogen-bond donors (Lipinski definition) is 1. The first-order valence-electron chi connectivity index (χ1n) is 3.59. The summed E-state index contributed by atoms with van der Waals surface area (Å²) in [7, 11) is 0. The molecule has 66 valence electrons. The quantitative estimate of drug-likeness (QED) is 0.673. The normalized spacial score (nSPS) is 9.75. The molecule has 0 bridgehead atoms. The molecule has 1 N–H and O–H groups in total. The van der Waals surface area contributed by atoms with E-state index in [0.717, 1.165) is 12.5 Å². The maximum Gasteiger partial charge on any atom is 0.358 e. The third kappa shape index (κ3) is 1.98. The Balaban J connectivity index is 2.59. The lowest BCUT2D eigenvalue weighted by Crippen LogP contribution is -2.06. The van der Waals surface area contributed by atoms with Crippen LogP contribution in [0.1, 0.15) is 23.8 Å². The molecule has 1 heterocycles. The van der Waals surface area contributed by atoms with Crippen LogP contribution >= 0.6 is 0 Å². The van der Waals surface area contributed by atoms with Crippen molar-refractivity contribution in [1.29, 1.82) is 0 Å². The van der Waals surface area contributed by atoms with Crippen LogP contribution < -0.4 is 5.63 Å². The Kier molecular flexibility index (Phi) is 2.68. The van der Waals surface area contributed by atoms with Gasteiger partial charge in [0.2, 0.25) is 0 Å². The number of hydrogen-bond acceptors (Lipinski definition) is 4. The van der Waals surface area contributed by atoms with Crippen molar-refractivity contribution in [3.05, 3.63) is 22.2 Å². The van der Waals surface area contributed by atoms with Gasteiger partial charge in [0, 0.05) is 0 Å². The summed E-state index contributed by atoms with van der Waals surface area (Å²) < 4.78 is 9.01. The van der Waals surface area contributed by atoms with E-state index >= 15 is 0 Å². The molecule has 0 saturated heterocycles. The zero-order valence-corrected chi connectivity index (χ0v) is 6.62. The van der Waals surface area contributed by atoms with Crippen molar-refractivity contribution in [2.24, 2.45) is 0 Å². The Morgan fingerprint density at radius 1 is 1.75 bits per heavy atom. The zero-order chi connectivity index (χ0) is 8.97. The van der Waals surface area contributed by atoms with E-state index in [-0.39, 0.29) is 5.69 Å². The fraction of sp³-hybridized carbons (Fsp3) is 0.429. The fourth-order valence-electron chi connectivity index (χ4n) is 0.655. The van der Waals surface area contributed by atoms with Crippen LogP contribution in [0.4, 0.5) is 0 Å². The number of carbonyl (C=O) groups excluding carboxylic acids is 1. The van der Waals surface area contributed by atoms with E-state index in [9.17, 15) is 9.59 Å². The van der Waals surface area contributed by atoms with Gasteiger partial charge < -0.3 is 9.26 Å².